The Morgan fingerprint density at radius 2 is 2.05 bits per heavy atom. The number of hydrogen-bond donors (Lipinski definition) is 0. The van der Waals surface area contributed by atoms with Crippen molar-refractivity contribution >= 4 is 12.0 Å². The monoisotopic (exact) mass is 304 g/mol. The first-order chi connectivity index (χ1) is 10.6. The second-order valence-corrected chi connectivity index (χ2v) is 5.63. The Balaban J connectivity index is 1.61. The van der Waals surface area contributed by atoms with Crippen molar-refractivity contribution in [1.29, 1.82) is 0 Å². The average Bonchev–Trinajstić information content (AvgIpc) is 2.98. The number of fused-ring (bicyclic) bond motifs is 1. The molecule has 2 aliphatic heterocycles. The third kappa shape index (κ3) is 3.06. The van der Waals surface area contributed by atoms with Crippen molar-refractivity contribution in [2.45, 2.75) is 25.7 Å². The average molecular weight is 304 g/mol. The van der Waals surface area contributed by atoms with Crippen LogP contribution >= 0.6 is 0 Å². The van der Waals surface area contributed by atoms with E-state index in [0.717, 1.165) is 5.56 Å². The highest BCUT2D eigenvalue weighted by molar-refractivity contribution is 5.74. The highest BCUT2D eigenvalue weighted by Gasteiger charge is 2.43. The highest BCUT2D eigenvalue weighted by atomic mass is 16.6. The van der Waals surface area contributed by atoms with E-state index >= 15 is 0 Å². The van der Waals surface area contributed by atoms with Gasteiger partial charge in [-0.05, 0) is 5.56 Å². The molecule has 118 valence electrons. The van der Waals surface area contributed by atoms with Crippen LogP contribution in [-0.4, -0.2) is 60.2 Å². The molecule has 0 spiro atoms. The van der Waals surface area contributed by atoms with Crippen LogP contribution in [0.1, 0.15) is 12.5 Å². The van der Waals surface area contributed by atoms with Gasteiger partial charge in [0, 0.05) is 26.6 Å². The summed E-state index contributed by atoms with van der Waals surface area (Å²) in [5, 5.41) is 0. The molecule has 0 radical (unpaired) electrons. The zero-order valence-electron chi connectivity index (χ0n) is 12.6. The van der Waals surface area contributed by atoms with Crippen molar-refractivity contribution in [2.24, 2.45) is 0 Å². The van der Waals surface area contributed by atoms with Gasteiger partial charge in [0.05, 0.1) is 18.8 Å². The molecule has 2 aliphatic rings. The highest BCUT2D eigenvalue weighted by Crippen LogP contribution is 2.23. The molecule has 1 aromatic carbocycles. The second kappa shape index (κ2) is 6.36. The number of rotatable bonds is 2. The molecule has 2 saturated heterocycles. The summed E-state index contributed by atoms with van der Waals surface area (Å²) in [6, 6.07) is 9.48. The molecule has 6 nitrogen and oxygen atoms in total. The summed E-state index contributed by atoms with van der Waals surface area (Å²) >= 11 is 0. The van der Waals surface area contributed by atoms with Gasteiger partial charge >= 0.3 is 6.09 Å². The number of ether oxygens (including phenoxy) is 2. The number of morpholine rings is 1. The summed E-state index contributed by atoms with van der Waals surface area (Å²) in [6.07, 6.45) is -0.450. The molecular formula is C16H20N2O4. The fraction of sp³-hybridized carbons (Fsp3) is 0.500. The smallest absolute Gasteiger partial charge is 0.410 e. The number of likely N-dealkylation sites (tertiary alicyclic amines) is 1. The van der Waals surface area contributed by atoms with Crippen LogP contribution in [0.15, 0.2) is 30.3 Å². The molecule has 0 saturated carbocycles. The fourth-order valence-electron chi connectivity index (χ4n) is 2.97. The van der Waals surface area contributed by atoms with Gasteiger partial charge in [0.2, 0.25) is 5.91 Å². The van der Waals surface area contributed by atoms with E-state index in [1.54, 1.807) is 9.80 Å². The van der Waals surface area contributed by atoms with Crippen molar-refractivity contribution in [3.05, 3.63) is 35.9 Å². The lowest BCUT2D eigenvalue weighted by Crippen LogP contribution is -2.53. The largest absolute Gasteiger partial charge is 0.445 e. The second-order valence-electron chi connectivity index (χ2n) is 5.63. The predicted molar refractivity (Wildman–Crippen MR) is 79.1 cm³/mol. The van der Waals surface area contributed by atoms with E-state index < -0.39 is 0 Å². The summed E-state index contributed by atoms with van der Waals surface area (Å²) in [5.74, 6) is 0.00982. The number of carbonyl (C=O) groups excluding carboxylic acids is 2. The van der Waals surface area contributed by atoms with Crippen molar-refractivity contribution < 1.29 is 19.1 Å². The first-order valence-corrected chi connectivity index (χ1v) is 7.49. The van der Waals surface area contributed by atoms with Crippen molar-refractivity contribution in [1.82, 2.24) is 9.80 Å². The normalized spacial score (nSPS) is 24.0. The van der Waals surface area contributed by atoms with Crippen LogP contribution in [0.3, 0.4) is 0 Å². The molecule has 3 rings (SSSR count). The van der Waals surface area contributed by atoms with Crippen LogP contribution in [0.25, 0.3) is 0 Å². The van der Waals surface area contributed by atoms with Crippen LogP contribution in [0.5, 0.6) is 0 Å². The number of benzene rings is 1. The summed E-state index contributed by atoms with van der Waals surface area (Å²) < 4.78 is 11.1. The SMILES string of the molecule is CC(=O)N1CC2OCCN(C(=O)OCc3ccccc3)C2C1. The maximum Gasteiger partial charge on any atom is 0.410 e. The van der Waals surface area contributed by atoms with Gasteiger partial charge in [0.25, 0.3) is 0 Å². The van der Waals surface area contributed by atoms with Gasteiger partial charge in [-0.25, -0.2) is 4.79 Å². The van der Waals surface area contributed by atoms with E-state index in [1.807, 2.05) is 30.3 Å². The van der Waals surface area contributed by atoms with E-state index in [4.69, 9.17) is 9.47 Å². The van der Waals surface area contributed by atoms with Crippen LogP contribution in [0.4, 0.5) is 4.79 Å². The lowest BCUT2D eigenvalue weighted by atomic mass is 10.1. The van der Waals surface area contributed by atoms with Crippen molar-refractivity contribution in [3.63, 3.8) is 0 Å². The standard InChI is InChI=1S/C16H20N2O4/c1-12(19)17-9-14-15(10-17)21-8-7-18(14)16(20)22-11-13-5-3-2-4-6-13/h2-6,14-15H,7-11H2,1H3. The first-order valence-electron chi connectivity index (χ1n) is 7.49. The van der Waals surface area contributed by atoms with E-state index in [1.165, 1.54) is 6.92 Å². The summed E-state index contributed by atoms with van der Waals surface area (Å²) in [7, 11) is 0. The lowest BCUT2D eigenvalue weighted by molar-refractivity contribution is -0.128. The number of nitrogens with zero attached hydrogens (tertiary/aromatic N) is 2. The zero-order valence-corrected chi connectivity index (χ0v) is 12.6. The topological polar surface area (TPSA) is 59.1 Å². The van der Waals surface area contributed by atoms with E-state index in [2.05, 4.69) is 0 Å². The quantitative estimate of drug-likeness (QED) is 0.825. The first kappa shape index (κ1) is 14.8. The molecule has 6 heteroatoms. The molecule has 2 fully saturated rings. The summed E-state index contributed by atoms with van der Waals surface area (Å²) in [4.78, 5) is 27.3. The van der Waals surface area contributed by atoms with Gasteiger partial charge in [-0.1, -0.05) is 30.3 Å². The molecule has 0 N–H and O–H groups in total. The van der Waals surface area contributed by atoms with Gasteiger partial charge < -0.3 is 14.4 Å². The Bertz CT molecular complexity index is 548. The molecule has 2 unspecified atom stereocenters. The Labute approximate surface area is 129 Å². The Morgan fingerprint density at radius 3 is 2.77 bits per heavy atom. The van der Waals surface area contributed by atoms with Crippen molar-refractivity contribution in [2.75, 3.05) is 26.2 Å². The van der Waals surface area contributed by atoms with E-state index in [0.29, 0.717) is 26.2 Å². The molecule has 0 aromatic heterocycles. The minimum atomic E-state index is -0.340. The molecule has 0 aliphatic carbocycles. The van der Waals surface area contributed by atoms with Crippen LogP contribution in [0.2, 0.25) is 0 Å². The van der Waals surface area contributed by atoms with Gasteiger partial charge in [0.1, 0.15) is 6.61 Å². The minimum Gasteiger partial charge on any atom is -0.445 e. The molecule has 2 atom stereocenters. The molecule has 22 heavy (non-hydrogen) atoms. The number of carbonyl (C=O) groups is 2. The summed E-state index contributed by atoms with van der Waals surface area (Å²) in [5.41, 5.74) is 0.956. The third-order valence-electron chi connectivity index (χ3n) is 4.19. The van der Waals surface area contributed by atoms with E-state index in [-0.39, 0.29) is 30.8 Å². The van der Waals surface area contributed by atoms with Crippen LogP contribution in [0, 0.1) is 0 Å². The predicted octanol–water partition coefficient (Wildman–Crippen LogP) is 1.25. The fourth-order valence-corrected chi connectivity index (χ4v) is 2.97. The maximum absolute atomic E-state index is 12.3. The van der Waals surface area contributed by atoms with Gasteiger partial charge in [0.15, 0.2) is 0 Å². The molecule has 2 heterocycles. The molecule has 2 amide bonds. The molecule has 1 aromatic rings. The number of amides is 2. The minimum absolute atomic E-state index is 0.00982. The van der Waals surface area contributed by atoms with E-state index in [9.17, 15) is 9.59 Å². The van der Waals surface area contributed by atoms with Crippen LogP contribution in [-0.2, 0) is 20.9 Å². The molecular weight excluding hydrogens is 284 g/mol. The Hall–Kier alpha value is -2.08. The summed E-state index contributed by atoms with van der Waals surface area (Å²) in [6.45, 7) is 3.83. The van der Waals surface area contributed by atoms with Gasteiger partial charge in [-0.3, -0.25) is 9.69 Å². The Morgan fingerprint density at radius 1 is 1.27 bits per heavy atom. The maximum atomic E-state index is 12.3. The lowest BCUT2D eigenvalue weighted by Gasteiger charge is -2.35. The molecule has 0 bridgehead atoms. The van der Waals surface area contributed by atoms with Gasteiger partial charge in [-0.15, -0.1) is 0 Å². The van der Waals surface area contributed by atoms with Crippen molar-refractivity contribution in [3.8, 4) is 0 Å². The third-order valence-corrected chi connectivity index (χ3v) is 4.19. The Kier molecular flexibility index (Phi) is 4.29. The number of hydrogen-bond acceptors (Lipinski definition) is 4. The van der Waals surface area contributed by atoms with Gasteiger partial charge in [-0.2, -0.15) is 0 Å². The van der Waals surface area contributed by atoms with Crippen LogP contribution < -0.4 is 0 Å². The zero-order chi connectivity index (χ0) is 15.5.